The van der Waals surface area contributed by atoms with Crippen LogP contribution in [0.5, 0.6) is 0 Å². The minimum Gasteiger partial charge on any atom is -0.356 e. The smallest absolute Gasteiger partial charge is 0.219 e. The third kappa shape index (κ3) is 5.27. The predicted molar refractivity (Wildman–Crippen MR) is 116 cm³/mol. The quantitative estimate of drug-likeness (QED) is 0.458. The lowest BCUT2D eigenvalue weighted by Gasteiger charge is -2.10. The standard InChI is InChI=1S/C22H25Cl2N3O/c1-2-22(28)25-13-7-3-4-10-21-26-19-8-5-6-9-20(19)27(21)15-16-11-12-17(23)18(24)14-16/h5-6,8-9,11-12,14H,2-4,7,10,13,15H2,1H3,(H,25,28). The van der Waals surface area contributed by atoms with Crippen molar-refractivity contribution in [1.82, 2.24) is 14.9 Å². The first kappa shape index (κ1) is 20.7. The minimum atomic E-state index is 0.114. The van der Waals surface area contributed by atoms with Crippen LogP contribution < -0.4 is 5.32 Å². The topological polar surface area (TPSA) is 46.9 Å². The molecule has 0 spiro atoms. The summed E-state index contributed by atoms with van der Waals surface area (Å²) in [6.45, 7) is 3.32. The molecule has 0 unspecified atom stereocenters. The van der Waals surface area contributed by atoms with Crippen LogP contribution in [-0.2, 0) is 17.8 Å². The number of carbonyl (C=O) groups is 1. The Morgan fingerprint density at radius 2 is 1.89 bits per heavy atom. The summed E-state index contributed by atoms with van der Waals surface area (Å²) >= 11 is 12.2. The molecule has 1 aromatic heterocycles. The summed E-state index contributed by atoms with van der Waals surface area (Å²) in [5.41, 5.74) is 3.23. The van der Waals surface area contributed by atoms with Crippen molar-refractivity contribution in [3.63, 3.8) is 0 Å². The Balaban J connectivity index is 1.68. The number of hydrogen-bond acceptors (Lipinski definition) is 2. The van der Waals surface area contributed by atoms with Gasteiger partial charge in [0.25, 0.3) is 0 Å². The number of aryl methyl sites for hydroxylation is 1. The first-order valence-electron chi connectivity index (χ1n) is 9.73. The number of rotatable bonds is 9. The first-order chi connectivity index (χ1) is 13.6. The van der Waals surface area contributed by atoms with Gasteiger partial charge in [0.15, 0.2) is 0 Å². The van der Waals surface area contributed by atoms with Gasteiger partial charge >= 0.3 is 0 Å². The molecule has 0 radical (unpaired) electrons. The molecule has 0 aliphatic carbocycles. The number of unbranched alkanes of at least 4 members (excludes halogenated alkanes) is 2. The van der Waals surface area contributed by atoms with E-state index in [9.17, 15) is 4.79 Å². The molecule has 0 bridgehead atoms. The van der Waals surface area contributed by atoms with Crippen molar-refractivity contribution in [3.05, 3.63) is 63.9 Å². The lowest BCUT2D eigenvalue weighted by Crippen LogP contribution is -2.23. The van der Waals surface area contributed by atoms with Gasteiger partial charge in [0.1, 0.15) is 5.82 Å². The Labute approximate surface area is 175 Å². The number of amides is 1. The average molecular weight is 418 g/mol. The first-order valence-corrected chi connectivity index (χ1v) is 10.5. The van der Waals surface area contributed by atoms with E-state index in [4.69, 9.17) is 28.2 Å². The highest BCUT2D eigenvalue weighted by molar-refractivity contribution is 6.42. The van der Waals surface area contributed by atoms with Crippen molar-refractivity contribution in [3.8, 4) is 0 Å². The number of aromatic nitrogens is 2. The van der Waals surface area contributed by atoms with Crippen molar-refractivity contribution < 1.29 is 4.79 Å². The van der Waals surface area contributed by atoms with Gasteiger partial charge in [0.2, 0.25) is 5.91 Å². The molecule has 1 N–H and O–H groups in total. The molecule has 3 aromatic rings. The lowest BCUT2D eigenvalue weighted by atomic mass is 10.1. The Bertz CT molecular complexity index is 952. The Morgan fingerprint density at radius 3 is 2.68 bits per heavy atom. The van der Waals surface area contributed by atoms with Crippen LogP contribution in [0.3, 0.4) is 0 Å². The van der Waals surface area contributed by atoms with Crippen LogP contribution in [-0.4, -0.2) is 22.0 Å². The van der Waals surface area contributed by atoms with Gasteiger partial charge in [-0.25, -0.2) is 4.98 Å². The number of benzene rings is 2. The number of hydrogen-bond donors (Lipinski definition) is 1. The summed E-state index contributed by atoms with van der Waals surface area (Å²) < 4.78 is 2.26. The Hall–Kier alpha value is -2.04. The number of para-hydroxylation sites is 2. The molecule has 0 aliphatic rings. The molecule has 28 heavy (non-hydrogen) atoms. The summed E-state index contributed by atoms with van der Waals surface area (Å²) in [5.74, 6) is 1.19. The fourth-order valence-corrected chi connectivity index (χ4v) is 3.57. The van der Waals surface area contributed by atoms with Crippen LogP contribution in [0.25, 0.3) is 11.0 Å². The van der Waals surface area contributed by atoms with Crippen molar-refractivity contribution in [1.29, 1.82) is 0 Å². The number of nitrogens with zero attached hydrogens (tertiary/aromatic N) is 2. The van der Waals surface area contributed by atoms with Crippen molar-refractivity contribution >= 4 is 40.1 Å². The summed E-state index contributed by atoms with van der Waals surface area (Å²) in [6.07, 6.45) is 4.52. The molecule has 0 saturated heterocycles. The molecule has 1 amide bonds. The monoisotopic (exact) mass is 417 g/mol. The third-order valence-corrected chi connectivity index (χ3v) is 5.52. The summed E-state index contributed by atoms with van der Waals surface area (Å²) in [7, 11) is 0. The van der Waals surface area contributed by atoms with Crippen molar-refractivity contribution in [2.75, 3.05) is 6.54 Å². The van der Waals surface area contributed by atoms with Crippen molar-refractivity contribution in [2.45, 2.75) is 45.6 Å². The van der Waals surface area contributed by atoms with Gasteiger partial charge in [-0.1, -0.05) is 54.7 Å². The van der Waals surface area contributed by atoms with E-state index >= 15 is 0 Å². The number of carbonyl (C=O) groups excluding carboxylic acids is 1. The van der Waals surface area contributed by atoms with Crippen LogP contribution in [0.4, 0.5) is 0 Å². The molecule has 3 rings (SSSR count). The highest BCUT2D eigenvalue weighted by Gasteiger charge is 2.11. The van der Waals surface area contributed by atoms with Gasteiger partial charge in [0, 0.05) is 25.9 Å². The molecule has 4 nitrogen and oxygen atoms in total. The van der Waals surface area contributed by atoms with Crippen LogP contribution in [0, 0.1) is 0 Å². The molecule has 0 fully saturated rings. The number of halogens is 2. The van der Waals surface area contributed by atoms with Gasteiger partial charge in [-0.05, 0) is 42.7 Å². The van der Waals surface area contributed by atoms with Crippen LogP contribution in [0.15, 0.2) is 42.5 Å². The minimum absolute atomic E-state index is 0.114. The Kier molecular flexibility index (Phi) is 7.35. The highest BCUT2D eigenvalue weighted by atomic mass is 35.5. The SMILES string of the molecule is CCC(=O)NCCCCCc1nc2ccccc2n1Cc1ccc(Cl)c(Cl)c1. The van der Waals surface area contributed by atoms with E-state index in [2.05, 4.69) is 16.0 Å². The van der Waals surface area contributed by atoms with E-state index in [0.717, 1.165) is 54.6 Å². The van der Waals surface area contributed by atoms with E-state index in [0.29, 0.717) is 23.0 Å². The van der Waals surface area contributed by atoms with Crippen molar-refractivity contribution in [2.24, 2.45) is 0 Å². The molecule has 0 atom stereocenters. The maximum atomic E-state index is 11.3. The summed E-state index contributed by atoms with van der Waals surface area (Å²) in [6, 6.07) is 14.0. The van der Waals surface area contributed by atoms with E-state index in [-0.39, 0.29) is 5.91 Å². The summed E-state index contributed by atoms with van der Waals surface area (Å²) in [5, 5.41) is 4.06. The van der Waals surface area contributed by atoms with Gasteiger partial charge in [0.05, 0.1) is 21.1 Å². The molecule has 0 aliphatic heterocycles. The zero-order chi connectivity index (χ0) is 19.9. The van der Waals surface area contributed by atoms with Gasteiger partial charge in [-0.2, -0.15) is 0 Å². The number of imidazole rings is 1. The van der Waals surface area contributed by atoms with Gasteiger partial charge in [-0.3, -0.25) is 4.79 Å². The normalized spacial score (nSPS) is 11.1. The molecule has 148 valence electrons. The molecular formula is C22H25Cl2N3O. The van der Waals surface area contributed by atoms with Gasteiger partial charge in [-0.15, -0.1) is 0 Å². The summed E-state index contributed by atoms with van der Waals surface area (Å²) in [4.78, 5) is 16.1. The second-order valence-corrected chi connectivity index (χ2v) is 7.68. The van der Waals surface area contributed by atoms with E-state index in [1.807, 2.05) is 43.3 Å². The molecular weight excluding hydrogens is 393 g/mol. The average Bonchev–Trinajstić information content (AvgIpc) is 3.04. The highest BCUT2D eigenvalue weighted by Crippen LogP contribution is 2.25. The molecule has 0 saturated carbocycles. The zero-order valence-electron chi connectivity index (χ0n) is 16.0. The van der Waals surface area contributed by atoms with E-state index < -0.39 is 0 Å². The second kappa shape index (κ2) is 9.94. The van der Waals surface area contributed by atoms with Crippen LogP contribution in [0.1, 0.15) is 44.0 Å². The Morgan fingerprint density at radius 1 is 1.07 bits per heavy atom. The maximum absolute atomic E-state index is 11.3. The fourth-order valence-electron chi connectivity index (χ4n) is 3.25. The fraction of sp³-hybridized carbons (Fsp3) is 0.364. The predicted octanol–water partition coefficient (Wildman–Crippen LogP) is 5.63. The molecule has 2 aromatic carbocycles. The largest absolute Gasteiger partial charge is 0.356 e. The third-order valence-electron chi connectivity index (χ3n) is 4.78. The van der Waals surface area contributed by atoms with Gasteiger partial charge < -0.3 is 9.88 Å². The number of fused-ring (bicyclic) bond motifs is 1. The van der Waals surface area contributed by atoms with Crippen LogP contribution in [0.2, 0.25) is 10.0 Å². The molecule has 1 heterocycles. The lowest BCUT2D eigenvalue weighted by molar-refractivity contribution is -0.120. The van der Waals surface area contributed by atoms with Crippen LogP contribution >= 0.6 is 23.2 Å². The van der Waals surface area contributed by atoms with E-state index in [1.165, 1.54) is 0 Å². The second-order valence-electron chi connectivity index (χ2n) is 6.87. The maximum Gasteiger partial charge on any atom is 0.219 e. The number of nitrogens with one attached hydrogen (secondary N) is 1. The zero-order valence-corrected chi connectivity index (χ0v) is 17.6. The van der Waals surface area contributed by atoms with E-state index in [1.54, 1.807) is 0 Å². The molecule has 6 heteroatoms.